The molecular weight excluding hydrogens is 436 g/mol. The van der Waals surface area contributed by atoms with E-state index in [4.69, 9.17) is 9.47 Å². The molecule has 0 N–H and O–H groups in total. The number of hydrogen-bond acceptors (Lipinski definition) is 6. The van der Waals surface area contributed by atoms with E-state index in [0.717, 1.165) is 41.4 Å². The van der Waals surface area contributed by atoms with Crippen molar-refractivity contribution in [2.24, 2.45) is 0 Å². The van der Waals surface area contributed by atoms with Gasteiger partial charge in [0, 0.05) is 12.6 Å². The van der Waals surface area contributed by atoms with E-state index in [1.54, 1.807) is 14.2 Å². The molecule has 1 aliphatic carbocycles. The minimum atomic E-state index is -0.175. The standard InChI is InChI=1S/C25H28N4O3S/c1-16-26-27-25(29(16)19-9-10-19)33-15-23(30)28-12-11-18-13-21(31-2)22(32-3)14-20(18)24(28)17-7-5-4-6-8-17/h4-8,13-14,19,24H,9-12,15H2,1-3H3/t24-/m0/s1. The van der Waals surface area contributed by atoms with Gasteiger partial charge in [-0.1, -0.05) is 42.1 Å². The molecule has 0 bridgehead atoms. The van der Waals surface area contributed by atoms with E-state index in [1.165, 1.54) is 17.3 Å². The van der Waals surface area contributed by atoms with Crippen LogP contribution >= 0.6 is 11.8 Å². The van der Waals surface area contributed by atoms with Crippen molar-refractivity contribution in [3.63, 3.8) is 0 Å². The van der Waals surface area contributed by atoms with Crippen LogP contribution in [0.2, 0.25) is 0 Å². The van der Waals surface area contributed by atoms with Gasteiger partial charge in [0.15, 0.2) is 16.7 Å². The highest BCUT2D eigenvalue weighted by atomic mass is 32.2. The minimum absolute atomic E-state index is 0.0947. The number of benzene rings is 2. The topological polar surface area (TPSA) is 69.5 Å². The summed E-state index contributed by atoms with van der Waals surface area (Å²) in [7, 11) is 3.29. The van der Waals surface area contributed by atoms with E-state index in [2.05, 4.69) is 26.9 Å². The predicted molar refractivity (Wildman–Crippen MR) is 127 cm³/mol. The summed E-state index contributed by atoms with van der Waals surface area (Å²) in [4.78, 5) is 15.5. The van der Waals surface area contributed by atoms with Crippen molar-refractivity contribution in [3.8, 4) is 11.5 Å². The fourth-order valence-electron chi connectivity index (χ4n) is 4.62. The van der Waals surface area contributed by atoms with E-state index in [9.17, 15) is 4.79 Å². The Morgan fingerprint density at radius 1 is 1.09 bits per heavy atom. The number of rotatable bonds is 7. The van der Waals surface area contributed by atoms with Crippen molar-refractivity contribution < 1.29 is 14.3 Å². The van der Waals surface area contributed by atoms with Gasteiger partial charge in [-0.15, -0.1) is 10.2 Å². The summed E-state index contributed by atoms with van der Waals surface area (Å²) in [6, 6.07) is 14.6. The summed E-state index contributed by atoms with van der Waals surface area (Å²) < 4.78 is 13.3. The van der Waals surface area contributed by atoms with Crippen molar-refractivity contribution in [1.29, 1.82) is 0 Å². The average molecular weight is 465 g/mol. The first-order valence-electron chi connectivity index (χ1n) is 11.2. The summed E-state index contributed by atoms with van der Waals surface area (Å²) in [6.45, 7) is 2.63. The molecule has 1 fully saturated rings. The fraction of sp³-hybridized carbons (Fsp3) is 0.400. The number of nitrogens with zero attached hydrogens (tertiary/aromatic N) is 4. The molecule has 2 heterocycles. The highest BCUT2D eigenvalue weighted by Crippen LogP contribution is 2.42. The number of thioether (sulfide) groups is 1. The van der Waals surface area contributed by atoms with Gasteiger partial charge in [-0.05, 0) is 55.0 Å². The third-order valence-corrected chi connectivity index (χ3v) is 7.31. The monoisotopic (exact) mass is 464 g/mol. The Morgan fingerprint density at radius 3 is 2.52 bits per heavy atom. The summed E-state index contributed by atoms with van der Waals surface area (Å²) in [5.41, 5.74) is 3.35. The Labute approximate surface area is 198 Å². The van der Waals surface area contributed by atoms with Crippen molar-refractivity contribution >= 4 is 17.7 Å². The van der Waals surface area contributed by atoms with Crippen LogP contribution in [0.15, 0.2) is 47.6 Å². The maximum atomic E-state index is 13.5. The average Bonchev–Trinajstić information content (AvgIpc) is 3.62. The first-order chi connectivity index (χ1) is 16.1. The molecule has 1 aliphatic heterocycles. The van der Waals surface area contributed by atoms with Gasteiger partial charge in [0.2, 0.25) is 5.91 Å². The van der Waals surface area contributed by atoms with E-state index in [1.807, 2.05) is 42.2 Å². The smallest absolute Gasteiger partial charge is 0.233 e. The maximum absolute atomic E-state index is 13.5. The highest BCUT2D eigenvalue weighted by Gasteiger charge is 2.34. The number of carbonyl (C=O) groups is 1. The molecule has 2 aliphatic rings. The number of fused-ring (bicyclic) bond motifs is 1. The van der Waals surface area contributed by atoms with Crippen LogP contribution < -0.4 is 9.47 Å². The van der Waals surface area contributed by atoms with Crippen LogP contribution in [0.3, 0.4) is 0 Å². The van der Waals surface area contributed by atoms with Crippen molar-refractivity contribution in [1.82, 2.24) is 19.7 Å². The van der Waals surface area contributed by atoms with Gasteiger partial charge in [0.05, 0.1) is 26.0 Å². The molecule has 0 saturated heterocycles. The van der Waals surface area contributed by atoms with Crippen LogP contribution in [0, 0.1) is 6.92 Å². The lowest BCUT2D eigenvalue weighted by molar-refractivity contribution is -0.130. The Bertz CT molecular complexity index is 1160. The normalized spacial score (nSPS) is 17.5. The first-order valence-corrected chi connectivity index (χ1v) is 12.2. The summed E-state index contributed by atoms with van der Waals surface area (Å²) in [5.74, 6) is 2.73. The molecule has 172 valence electrons. The molecule has 3 aromatic rings. The number of carbonyl (C=O) groups excluding carboxylic acids is 1. The van der Waals surface area contributed by atoms with Crippen molar-refractivity contribution in [3.05, 3.63) is 65.0 Å². The lowest BCUT2D eigenvalue weighted by atomic mass is 9.87. The van der Waals surface area contributed by atoms with Gasteiger partial charge in [-0.3, -0.25) is 4.79 Å². The van der Waals surface area contributed by atoms with Gasteiger partial charge in [0.25, 0.3) is 0 Å². The molecule has 8 heteroatoms. The van der Waals surface area contributed by atoms with Gasteiger partial charge >= 0.3 is 0 Å². The first kappa shape index (κ1) is 21.8. The Hall–Kier alpha value is -3.00. The molecule has 1 saturated carbocycles. The molecule has 1 amide bonds. The van der Waals surface area contributed by atoms with Crippen LogP contribution in [0.4, 0.5) is 0 Å². The largest absolute Gasteiger partial charge is 0.493 e. The lowest BCUT2D eigenvalue weighted by Gasteiger charge is -2.38. The molecule has 0 spiro atoms. The fourth-order valence-corrected chi connectivity index (χ4v) is 5.56. The van der Waals surface area contributed by atoms with Gasteiger partial charge < -0.3 is 18.9 Å². The molecule has 33 heavy (non-hydrogen) atoms. The maximum Gasteiger partial charge on any atom is 0.233 e. The van der Waals surface area contributed by atoms with Crippen LogP contribution in [-0.2, 0) is 11.2 Å². The molecular formula is C25H28N4O3S. The summed E-state index contributed by atoms with van der Waals surface area (Å²) >= 11 is 1.48. The van der Waals surface area contributed by atoms with Gasteiger partial charge in [0.1, 0.15) is 5.82 Å². The zero-order chi connectivity index (χ0) is 22.9. The quantitative estimate of drug-likeness (QED) is 0.488. The van der Waals surface area contributed by atoms with E-state index in [-0.39, 0.29) is 11.9 Å². The molecule has 7 nitrogen and oxygen atoms in total. The molecule has 0 unspecified atom stereocenters. The Kier molecular flexibility index (Phi) is 6.01. The second-order valence-corrected chi connectivity index (χ2v) is 9.42. The number of amides is 1. The highest BCUT2D eigenvalue weighted by molar-refractivity contribution is 7.99. The molecule has 5 rings (SSSR count). The number of methoxy groups -OCH3 is 2. The number of hydrogen-bond donors (Lipinski definition) is 0. The number of aromatic nitrogens is 3. The van der Waals surface area contributed by atoms with Crippen LogP contribution in [0.5, 0.6) is 11.5 Å². The lowest BCUT2D eigenvalue weighted by Crippen LogP contribution is -2.41. The van der Waals surface area contributed by atoms with Crippen LogP contribution in [0.25, 0.3) is 0 Å². The Balaban J connectivity index is 1.45. The Morgan fingerprint density at radius 2 is 1.82 bits per heavy atom. The third kappa shape index (κ3) is 4.19. The second kappa shape index (κ2) is 9.09. The molecule has 0 radical (unpaired) electrons. The minimum Gasteiger partial charge on any atom is -0.493 e. The van der Waals surface area contributed by atoms with Crippen LogP contribution in [-0.4, -0.2) is 52.1 Å². The summed E-state index contributed by atoms with van der Waals surface area (Å²) in [5, 5.41) is 9.40. The van der Waals surface area contributed by atoms with Crippen molar-refractivity contribution in [2.45, 2.75) is 43.4 Å². The zero-order valence-corrected chi connectivity index (χ0v) is 20.0. The van der Waals surface area contributed by atoms with Crippen LogP contribution in [0.1, 0.15) is 47.4 Å². The summed E-state index contributed by atoms with van der Waals surface area (Å²) in [6.07, 6.45) is 3.09. The molecule has 1 atom stereocenters. The third-order valence-electron chi connectivity index (χ3n) is 6.38. The van der Waals surface area contributed by atoms with E-state index in [0.29, 0.717) is 29.8 Å². The predicted octanol–water partition coefficient (Wildman–Crippen LogP) is 4.21. The van der Waals surface area contributed by atoms with E-state index >= 15 is 0 Å². The molecule has 1 aromatic heterocycles. The second-order valence-electron chi connectivity index (χ2n) is 8.48. The number of ether oxygens (including phenoxy) is 2. The molecule has 2 aromatic carbocycles. The van der Waals surface area contributed by atoms with Gasteiger partial charge in [-0.2, -0.15) is 0 Å². The van der Waals surface area contributed by atoms with Crippen molar-refractivity contribution in [2.75, 3.05) is 26.5 Å². The zero-order valence-electron chi connectivity index (χ0n) is 19.2. The van der Waals surface area contributed by atoms with Gasteiger partial charge in [-0.25, -0.2) is 0 Å². The number of aryl methyl sites for hydroxylation is 1. The SMILES string of the molecule is COc1cc2c(cc1OC)[C@H](c1ccccc1)N(C(=O)CSc1nnc(C)n1C1CC1)CC2. The van der Waals surface area contributed by atoms with E-state index < -0.39 is 0 Å².